The van der Waals surface area contributed by atoms with E-state index in [1.54, 1.807) is 0 Å². The maximum atomic E-state index is 6.49. The Bertz CT molecular complexity index is 3180. The average Bonchev–Trinajstić information content (AvgIpc) is 3.91. The minimum atomic E-state index is 0.561. The van der Waals surface area contributed by atoms with Gasteiger partial charge in [0.25, 0.3) is 0 Å². The van der Waals surface area contributed by atoms with Crippen molar-refractivity contribution in [1.29, 1.82) is 0 Å². The third-order valence-corrected chi connectivity index (χ3v) is 10.6. The molecule has 11 aromatic rings. The molecule has 6 heteroatoms. The monoisotopic (exact) mass is 744 g/mol. The number of fused-ring (bicyclic) bond motifs is 4. The molecule has 6 nitrogen and oxygen atoms in total. The number of benzene rings is 8. The Morgan fingerprint density at radius 1 is 0.293 bits per heavy atom. The van der Waals surface area contributed by atoms with E-state index in [0.29, 0.717) is 23.4 Å². The predicted molar refractivity (Wildman–Crippen MR) is 233 cm³/mol. The molecule has 58 heavy (non-hydrogen) atoms. The summed E-state index contributed by atoms with van der Waals surface area (Å²) in [6.45, 7) is 0. The van der Waals surface area contributed by atoms with Gasteiger partial charge in [-0.15, -0.1) is 0 Å². The molecule has 8 aromatic carbocycles. The average molecular weight is 745 g/mol. The number of hydrogen-bond donors (Lipinski definition) is 0. The summed E-state index contributed by atoms with van der Waals surface area (Å²) < 4.78 is 12.7. The first-order chi connectivity index (χ1) is 28.7. The van der Waals surface area contributed by atoms with E-state index in [0.717, 1.165) is 88.7 Å². The highest BCUT2D eigenvalue weighted by molar-refractivity contribution is 6.13. The van der Waals surface area contributed by atoms with Crippen LogP contribution in [0.1, 0.15) is 0 Å². The fourth-order valence-corrected chi connectivity index (χ4v) is 7.69. The summed E-state index contributed by atoms with van der Waals surface area (Å²) in [6, 6.07) is 65.9. The van der Waals surface area contributed by atoms with E-state index in [4.69, 9.17) is 28.8 Å². The van der Waals surface area contributed by atoms with Gasteiger partial charge in [0.1, 0.15) is 16.7 Å². The van der Waals surface area contributed by atoms with E-state index in [9.17, 15) is 0 Å². The molecule has 0 atom stereocenters. The Balaban J connectivity index is 1.07. The summed E-state index contributed by atoms with van der Waals surface area (Å²) in [4.78, 5) is 20.3. The number of nitrogens with zero attached hydrogens (tertiary/aromatic N) is 4. The molecule has 0 aliphatic heterocycles. The van der Waals surface area contributed by atoms with Gasteiger partial charge >= 0.3 is 0 Å². The van der Waals surface area contributed by atoms with Gasteiger partial charge in [-0.1, -0.05) is 140 Å². The van der Waals surface area contributed by atoms with E-state index in [2.05, 4.69) is 127 Å². The van der Waals surface area contributed by atoms with Crippen LogP contribution in [-0.4, -0.2) is 19.9 Å². The highest BCUT2D eigenvalue weighted by atomic mass is 16.3. The number of rotatable bonds is 7. The molecule has 3 heterocycles. The van der Waals surface area contributed by atoms with Crippen molar-refractivity contribution in [2.75, 3.05) is 0 Å². The minimum absolute atomic E-state index is 0.561. The zero-order valence-corrected chi connectivity index (χ0v) is 31.1. The summed E-state index contributed by atoms with van der Waals surface area (Å²) >= 11 is 0. The Kier molecular flexibility index (Phi) is 8.04. The SMILES string of the molecule is c1ccc(-c2cccc(-c3nc(-c4cccc(-c5ccccc5)c4)nc(-c4cccc5oc6ccc(-c7ccc8nc(-c9ccccc9)oc8c7)cc6c45)n3)c2)cc1. The second-order valence-corrected chi connectivity index (χ2v) is 14.3. The van der Waals surface area contributed by atoms with Crippen molar-refractivity contribution in [1.82, 2.24) is 19.9 Å². The quantitative estimate of drug-likeness (QED) is 0.162. The topological polar surface area (TPSA) is 77.8 Å². The summed E-state index contributed by atoms with van der Waals surface area (Å²) in [5.74, 6) is 2.33. The first-order valence-corrected chi connectivity index (χ1v) is 19.2. The second kappa shape index (κ2) is 14.0. The van der Waals surface area contributed by atoms with Crippen molar-refractivity contribution >= 4 is 33.0 Å². The van der Waals surface area contributed by atoms with Crippen LogP contribution in [-0.2, 0) is 0 Å². The first-order valence-electron chi connectivity index (χ1n) is 19.2. The molecule has 0 radical (unpaired) electrons. The zero-order chi connectivity index (χ0) is 38.4. The summed E-state index contributed by atoms with van der Waals surface area (Å²) in [5.41, 5.74) is 13.1. The van der Waals surface area contributed by atoms with E-state index in [-0.39, 0.29) is 0 Å². The summed E-state index contributed by atoms with van der Waals surface area (Å²) in [5, 5.41) is 1.90. The lowest BCUT2D eigenvalue weighted by molar-refractivity contribution is 0.620. The first kappa shape index (κ1) is 33.4. The van der Waals surface area contributed by atoms with Gasteiger partial charge in [0.05, 0.1) is 0 Å². The number of oxazole rings is 1. The molecule has 0 aliphatic rings. The van der Waals surface area contributed by atoms with Crippen LogP contribution in [0.5, 0.6) is 0 Å². The molecule has 0 saturated carbocycles. The third kappa shape index (κ3) is 6.10. The van der Waals surface area contributed by atoms with Crippen molar-refractivity contribution < 1.29 is 8.83 Å². The molecule has 0 bridgehead atoms. The molecule has 0 aliphatic carbocycles. The molecule has 0 amide bonds. The Morgan fingerprint density at radius 3 is 1.47 bits per heavy atom. The molecule has 0 N–H and O–H groups in total. The molecule has 11 rings (SSSR count). The van der Waals surface area contributed by atoms with E-state index in [1.807, 2.05) is 66.7 Å². The lowest BCUT2D eigenvalue weighted by Gasteiger charge is -2.11. The van der Waals surface area contributed by atoms with Gasteiger partial charge in [0.15, 0.2) is 23.1 Å². The van der Waals surface area contributed by atoms with Crippen LogP contribution in [0.25, 0.3) is 112 Å². The van der Waals surface area contributed by atoms with Gasteiger partial charge in [-0.3, -0.25) is 0 Å². The fourth-order valence-electron chi connectivity index (χ4n) is 7.69. The normalized spacial score (nSPS) is 11.4. The van der Waals surface area contributed by atoms with Gasteiger partial charge in [-0.05, 0) is 88.0 Å². The molecular weight excluding hydrogens is 713 g/mol. The lowest BCUT2D eigenvalue weighted by atomic mass is 10.00. The number of aromatic nitrogens is 4. The van der Waals surface area contributed by atoms with Crippen LogP contribution in [0.3, 0.4) is 0 Å². The van der Waals surface area contributed by atoms with Gasteiger partial charge in [0.2, 0.25) is 5.89 Å². The minimum Gasteiger partial charge on any atom is -0.456 e. The standard InChI is InChI=1S/C52H32N4O2/c1-4-13-33(14-5-1)36-19-10-21-40(29-36)49-54-50(41-22-11-20-37(30-41)34-15-6-2-7-16-34)56-51(55-49)42-23-12-24-46-48(42)43-31-38(26-28-45(43)57-46)39-25-27-44-47(32-39)58-52(53-44)35-17-8-3-9-18-35/h1-32H. The van der Waals surface area contributed by atoms with Crippen LogP contribution in [0.4, 0.5) is 0 Å². The number of hydrogen-bond acceptors (Lipinski definition) is 6. The van der Waals surface area contributed by atoms with E-state index < -0.39 is 0 Å². The molecule has 0 spiro atoms. The Hall–Kier alpha value is -7.96. The smallest absolute Gasteiger partial charge is 0.227 e. The van der Waals surface area contributed by atoms with Crippen LogP contribution in [0.15, 0.2) is 203 Å². The highest BCUT2D eigenvalue weighted by Gasteiger charge is 2.19. The predicted octanol–water partition coefficient (Wildman–Crippen LogP) is 13.6. The van der Waals surface area contributed by atoms with Gasteiger partial charge < -0.3 is 8.83 Å². The Labute approximate surface area is 333 Å². The van der Waals surface area contributed by atoms with Crippen molar-refractivity contribution in [3.05, 3.63) is 194 Å². The summed E-state index contributed by atoms with van der Waals surface area (Å²) in [6.07, 6.45) is 0. The lowest BCUT2D eigenvalue weighted by Crippen LogP contribution is -2.00. The maximum absolute atomic E-state index is 6.49. The maximum Gasteiger partial charge on any atom is 0.227 e. The van der Waals surface area contributed by atoms with Crippen LogP contribution in [0.2, 0.25) is 0 Å². The van der Waals surface area contributed by atoms with E-state index in [1.165, 1.54) is 0 Å². The van der Waals surface area contributed by atoms with Gasteiger partial charge in [-0.25, -0.2) is 19.9 Å². The van der Waals surface area contributed by atoms with Crippen LogP contribution >= 0.6 is 0 Å². The van der Waals surface area contributed by atoms with E-state index >= 15 is 0 Å². The number of furan rings is 1. The molecular formula is C52H32N4O2. The van der Waals surface area contributed by atoms with Crippen molar-refractivity contribution in [2.45, 2.75) is 0 Å². The van der Waals surface area contributed by atoms with Crippen molar-refractivity contribution in [3.63, 3.8) is 0 Å². The highest BCUT2D eigenvalue weighted by Crippen LogP contribution is 2.39. The van der Waals surface area contributed by atoms with Gasteiger partial charge in [0, 0.05) is 33.0 Å². The van der Waals surface area contributed by atoms with Crippen LogP contribution in [0, 0.1) is 0 Å². The molecule has 3 aromatic heterocycles. The molecule has 272 valence electrons. The van der Waals surface area contributed by atoms with Crippen LogP contribution < -0.4 is 0 Å². The molecule has 0 unspecified atom stereocenters. The van der Waals surface area contributed by atoms with Gasteiger partial charge in [-0.2, -0.15) is 0 Å². The molecule has 0 fully saturated rings. The largest absolute Gasteiger partial charge is 0.456 e. The third-order valence-electron chi connectivity index (χ3n) is 10.6. The van der Waals surface area contributed by atoms with Crippen molar-refractivity contribution in [2.24, 2.45) is 0 Å². The summed E-state index contributed by atoms with van der Waals surface area (Å²) in [7, 11) is 0. The zero-order valence-electron chi connectivity index (χ0n) is 31.1. The van der Waals surface area contributed by atoms with Crippen molar-refractivity contribution in [3.8, 4) is 79.0 Å². The Morgan fingerprint density at radius 2 is 0.810 bits per heavy atom. The molecule has 0 saturated heterocycles. The second-order valence-electron chi connectivity index (χ2n) is 14.3. The fraction of sp³-hybridized carbons (Fsp3) is 0.